The van der Waals surface area contributed by atoms with E-state index in [9.17, 15) is 14.9 Å². The number of rotatable bonds is 8. The Morgan fingerprint density at radius 2 is 2.00 bits per heavy atom. The third-order valence-corrected chi connectivity index (χ3v) is 6.90. The molecule has 3 rings (SSSR count). The number of benzene rings is 1. The van der Waals surface area contributed by atoms with Gasteiger partial charge in [-0.15, -0.1) is 11.3 Å². The maximum Gasteiger partial charge on any atom is 0.341 e. The zero-order chi connectivity index (χ0) is 24.0. The normalized spacial score (nSPS) is 15.2. The third kappa shape index (κ3) is 5.37. The molecular weight excluding hydrogens is 440 g/mol. The summed E-state index contributed by atoms with van der Waals surface area (Å²) >= 11 is 1.40. The van der Waals surface area contributed by atoms with Crippen molar-refractivity contribution >= 4 is 34.3 Å². The Hall–Kier alpha value is -3.31. The molecule has 1 heterocycles. The highest BCUT2D eigenvalue weighted by Crippen LogP contribution is 2.41. The highest BCUT2D eigenvalue weighted by atomic mass is 32.1. The van der Waals surface area contributed by atoms with Crippen LogP contribution in [-0.2, 0) is 22.4 Å². The summed E-state index contributed by atoms with van der Waals surface area (Å²) in [7, 11) is 3.05. The van der Waals surface area contributed by atoms with Crippen LogP contribution in [0.25, 0.3) is 6.08 Å². The van der Waals surface area contributed by atoms with Crippen LogP contribution in [0.2, 0.25) is 0 Å². The first-order chi connectivity index (χ1) is 15.9. The fourth-order valence-corrected chi connectivity index (χ4v) is 5.28. The van der Waals surface area contributed by atoms with E-state index in [0.717, 1.165) is 36.1 Å². The quantitative estimate of drug-likeness (QED) is 0.333. The van der Waals surface area contributed by atoms with Crippen LogP contribution in [-0.4, -0.2) is 32.7 Å². The number of ether oxygens (including phenoxy) is 3. The number of thiophene rings is 1. The van der Waals surface area contributed by atoms with E-state index in [-0.39, 0.29) is 12.2 Å². The van der Waals surface area contributed by atoms with Crippen LogP contribution >= 0.6 is 11.3 Å². The minimum Gasteiger partial charge on any atom is -0.493 e. The molecule has 33 heavy (non-hydrogen) atoms. The number of nitrogens with one attached hydrogen (secondary N) is 1. The average Bonchev–Trinajstić information content (AvgIpc) is 3.19. The van der Waals surface area contributed by atoms with E-state index >= 15 is 0 Å². The van der Waals surface area contributed by atoms with Gasteiger partial charge in [-0.1, -0.05) is 19.4 Å². The molecule has 0 fully saturated rings. The lowest BCUT2D eigenvalue weighted by Gasteiger charge is -2.20. The van der Waals surface area contributed by atoms with Crippen molar-refractivity contribution in [1.29, 1.82) is 5.26 Å². The van der Waals surface area contributed by atoms with Crippen molar-refractivity contribution < 1.29 is 23.8 Å². The lowest BCUT2D eigenvalue weighted by atomic mass is 9.85. The number of anilines is 1. The predicted molar refractivity (Wildman–Crippen MR) is 128 cm³/mol. The zero-order valence-corrected chi connectivity index (χ0v) is 20.1. The second kappa shape index (κ2) is 11.0. The standard InChI is InChI=1S/C25H28N2O5S/c1-5-15-7-9-18-21(13-15)33-24(22(18)25(29)32-6-2)27-23(28)17(14-26)11-16-8-10-19(30-3)20(12-16)31-4/h8,10-12,15H,5-7,9,13H2,1-4H3,(H,27,28)/b17-11+. The number of carbonyl (C=O) groups is 2. The number of esters is 1. The van der Waals surface area contributed by atoms with E-state index < -0.39 is 11.9 Å². The van der Waals surface area contributed by atoms with Gasteiger partial charge in [-0.05, 0) is 61.4 Å². The van der Waals surface area contributed by atoms with E-state index in [0.29, 0.717) is 33.5 Å². The van der Waals surface area contributed by atoms with Crippen LogP contribution in [0.4, 0.5) is 5.00 Å². The van der Waals surface area contributed by atoms with E-state index in [4.69, 9.17) is 14.2 Å². The van der Waals surface area contributed by atoms with E-state index in [1.165, 1.54) is 31.6 Å². The second-order valence-corrected chi connectivity index (χ2v) is 8.79. The molecule has 7 nitrogen and oxygen atoms in total. The summed E-state index contributed by atoms with van der Waals surface area (Å²) in [5.74, 6) is 0.580. The van der Waals surface area contributed by atoms with Gasteiger partial charge in [-0.2, -0.15) is 5.26 Å². The van der Waals surface area contributed by atoms with Crippen LogP contribution in [0.1, 0.15) is 53.1 Å². The van der Waals surface area contributed by atoms with Crippen molar-refractivity contribution in [3.05, 3.63) is 45.3 Å². The molecule has 1 aliphatic rings. The number of hydrogen-bond acceptors (Lipinski definition) is 7. The molecule has 0 spiro atoms. The number of fused-ring (bicyclic) bond motifs is 1. The van der Waals surface area contributed by atoms with Crippen LogP contribution in [0.3, 0.4) is 0 Å². The Morgan fingerprint density at radius 3 is 2.64 bits per heavy atom. The molecule has 0 aliphatic heterocycles. The van der Waals surface area contributed by atoms with Crippen LogP contribution in [0, 0.1) is 17.2 Å². The highest BCUT2D eigenvalue weighted by Gasteiger charge is 2.30. The van der Waals surface area contributed by atoms with Gasteiger partial charge in [0.1, 0.15) is 16.6 Å². The minimum atomic E-state index is -0.580. The van der Waals surface area contributed by atoms with Crippen molar-refractivity contribution in [2.45, 2.75) is 39.5 Å². The summed E-state index contributed by atoms with van der Waals surface area (Å²) in [6.45, 7) is 4.16. The van der Waals surface area contributed by atoms with Crippen molar-refractivity contribution in [2.24, 2.45) is 5.92 Å². The maximum atomic E-state index is 13.0. The molecule has 1 amide bonds. The fourth-order valence-electron chi connectivity index (χ4n) is 3.94. The van der Waals surface area contributed by atoms with E-state index in [1.807, 2.05) is 6.07 Å². The molecule has 1 aliphatic carbocycles. The monoisotopic (exact) mass is 468 g/mol. The van der Waals surface area contributed by atoms with Crippen molar-refractivity contribution in [1.82, 2.24) is 0 Å². The average molecular weight is 469 g/mol. The first-order valence-corrected chi connectivity index (χ1v) is 11.7. The summed E-state index contributed by atoms with van der Waals surface area (Å²) in [5.41, 5.74) is 1.90. The molecule has 0 radical (unpaired) electrons. The van der Waals surface area contributed by atoms with Crippen molar-refractivity contribution in [3.8, 4) is 17.6 Å². The molecule has 0 saturated heterocycles. The van der Waals surface area contributed by atoms with Crippen molar-refractivity contribution in [2.75, 3.05) is 26.1 Å². The zero-order valence-electron chi connectivity index (χ0n) is 19.3. The van der Waals surface area contributed by atoms with Crippen LogP contribution < -0.4 is 14.8 Å². The topological polar surface area (TPSA) is 97.7 Å². The lowest BCUT2D eigenvalue weighted by Crippen LogP contribution is -2.17. The molecule has 1 unspecified atom stereocenters. The predicted octanol–water partition coefficient (Wildman–Crippen LogP) is 5.00. The highest BCUT2D eigenvalue weighted by molar-refractivity contribution is 7.17. The van der Waals surface area contributed by atoms with Gasteiger partial charge in [0.15, 0.2) is 11.5 Å². The molecule has 1 atom stereocenters. The summed E-state index contributed by atoms with van der Waals surface area (Å²) < 4.78 is 15.8. The fraction of sp³-hybridized carbons (Fsp3) is 0.400. The van der Waals surface area contributed by atoms with Crippen LogP contribution in [0.15, 0.2) is 23.8 Å². The first-order valence-electron chi connectivity index (χ1n) is 10.9. The van der Waals surface area contributed by atoms with Crippen LogP contribution in [0.5, 0.6) is 11.5 Å². The number of nitriles is 1. The lowest BCUT2D eigenvalue weighted by molar-refractivity contribution is -0.112. The number of carbonyl (C=O) groups excluding carboxylic acids is 2. The summed E-state index contributed by atoms with van der Waals surface area (Å²) in [4.78, 5) is 26.8. The molecular formula is C25H28N2O5S. The molecule has 8 heteroatoms. The first kappa shape index (κ1) is 24.3. The maximum absolute atomic E-state index is 13.0. The van der Waals surface area contributed by atoms with E-state index in [2.05, 4.69) is 12.2 Å². The van der Waals surface area contributed by atoms with Gasteiger partial charge in [0, 0.05) is 4.88 Å². The summed E-state index contributed by atoms with van der Waals surface area (Å²) in [6.07, 6.45) is 5.21. The smallest absolute Gasteiger partial charge is 0.341 e. The third-order valence-electron chi connectivity index (χ3n) is 5.73. The number of hydrogen-bond donors (Lipinski definition) is 1. The van der Waals surface area contributed by atoms with Gasteiger partial charge in [0.25, 0.3) is 5.91 Å². The molecule has 174 valence electrons. The summed E-state index contributed by atoms with van der Waals surface area (Å²) in [6, 6.07) is 7.07. The van der Waals surface area contributed by atoms with Gasteiger partial charge in [-0.3, -0.25) is 4.79 Å². The van der Waals surface area contributed by atoms with Gasteiger partial charge >= 0.3 is 5.97 Å². The Kier molecular flexibility index (Phi) is 8.12. The Morgan fingerprint density at radius 1 is 1.24 bits per heavy atom. The van der Waals surface area contributed by atoms with Gasteiger partial charge in [-0.25, -0.2) is 4.79 Å². The Bertz CT molecular complexity index is 1110. The van der Waals surface area contributed by atoms with Gasteiger partial charge in [0.2, 0.25) is 0 Å². The number of nitrogens with zero attached hydrogens (tertiary/aromatic N) is 1. The van der Waals surface area contributed by atoms with E-state index in [1.54, 1.807) is 25.1 Å². The molecule has 1 N–H and O–H groups in total. The van der Waals surface area contributed by atoms with Gasteiger partial charge < -0.3 is 19.5 Å². The number of methoxy groups -OCH3 is 2. The van der Waals surface area contributed by atoms with Gasteiger partial charge in [0.05, 0.1) is 26.4 Å². The Labute approximate surface area is 198 Å². The molecule has 0 saturated carbocycles. The second-order valence-electron chi connectivity index (χ2n) is 7.68. The number of amides is 1. The van der Waals surface area contributed by atoms with Crippen molar-refractivity contribution in [3.63, 3.8) is 0 Å². The Balaban J connectivity index is 1.92. The molecule has 2 aromatic rings. The molecule has 1 aromatic heterocycles. The largest absolute Gasteiger partial charge is 0.493 e. The molecule has 1 aromatic carbocycles. The SMILES string of the molecule is CCOC(=O)c1c(NC(=O)/C(C#N)=C/c2ccc(OC)c(OC)c2)sc2c1CCC(CC)C2. The summed E-state index contributed by atoms with van der Waals surface area (Å²) in [5, 5.41) is 12.9. The molecule has 0 bridgehead atoms. The minimum absolute atomic E-state index is 0.0881.